The Balaban J connectivity index is 2.49. The van der Waals surface area contributed by atoms with Crippen LogP contribution >= 0.6 is 0 Å². The summed E-state index contributed by atoms with van der Waals surface area (Å²) >= 11 is 0. The zero-order valence-corrected chi connectivity index (χ0v) is 12.6. The van der Waals surface area contributed by atoms with Crippen molar-refractivity contribution >= 4 is 9.84 Å². The number of hydrogen-bond donors (Lipinski definition) is 0. The molecular formula is C15H17NO3S. The minimum absolute atomic E-state index is 0.0194. The lowest BCUT2D eigenvalue weighted by Crippen LogP contribution is -2.18. The van der Waals surface area contributed by atoms with Gasteiger partial charge in [-0.15, -0.1) is 0 Å². The molecule has 0 aliphatic heterocycles. The van der Waals surface area contributed by atoms with Crippen molar-refractivity contribution in [3.8, 4) is 11.1 Å². The average molecular weight is 291 g/mol. The third-order valence-electron chi connectivity index (χ3n) is 3.05. The Hall–Kier alpha value is -1.88. The first-order valence-electron chi connectivity index (χ1n) is 6.20. The van der Waals surface area contributed by atoms with Gasteiger partial charge in [-0.1, -0.05) is 24.3 Å². The monoisotopic (exact) mass is 291 g/mol. The fourth-order valence-electron chi connectivity index (χ4n) is 2.18. The fraction of sp³-hybridized carbons (Fsp3) is 0.267. The number of pyridine rings is 1. The SMILES string of the molecule is Cc1cc(-c2cccc(CS(C)(=O)=O)c2)cn(C)c1=O. The second-order valence-corrected chi connectivity index (χ2v) is 7.24. The average Bonchev–Trinajstić information content (AvgIpc) is 2.33. The maximum Gasteiger partial charge on any atom is 0.253 e. The first kappa shape index (κ1) is 14.5. The van der Waals surface area contributed by atoms with Crippen LogP contribution in [-0.2, 0) is 22.6 Å². The Bertz CT molecular complexity index is 778. The van der Waals surface area contributed by atoms with Gasteiger partial charge in [0.1, 0.15) is 0 Å². The minimum Gasteiger partial charge on any atom is -0.318 e. The van der Waals surface area contributed by atoms with Crippen molar-refractivity contribution in [3.63, 3.8) is 0 Å². The molecule has 5 heteroatoms. The van der Waals surface area contributed by atoms with E-state index in [0.29, 0.717) is 5.56 Å². The molecule has 106 valence electrons. The highest BCUT2D eigenvalue weighted by atomic mass is 32.2. The molecular weight excluding hydrogens is 274 g/mol. The van der Waals surface area contributed by atoms with E-state index in [-0.39, 0.29) is 11.3 Å². The summed E-state index contributed by atoms with van der Waals surface area (Å²) < 4.78 is 24.2. The Morgan fingerprint density at radius 3 is 2.45 bits per heavy atom. The van der Waals surface area contributed by atoms with Crippen LogP contribution < -0.4 is 5.56 Å². The van der Waals surface area contributed by atoms with E-state index in [2.05, 4.69) is 0 Å². The standard InChI is InChI=1S/C15H17NO3S/c1-11-7-14(9-16(2)15(11)17)13-6-4-5-12(8-13)10-20(3,18)19/h4-9H,10H2,1-3H3. The van der Waals surface area contributed by atoms with Crippen molar-refractivity contribution in [2.75, 3.05) is 6.26 Å². The fourth-order valence-corrected chi connectivity index (χ4v) is 2.96. The lowest BCUT2D eigenvalue weighted by molar-refractivity contribution is 0.601. The Kier molecular flexibility index (Phi) is 3.81. The van der Waals surface area contributed by atoms with Crippen molar-refractivity contribution in [2.45, 2.75) is 12.7 Å². The van der Waals surface area contributed by atoms with Gasteiger partial charge in [-0.2, -0.15) is 0 Å². The lowest BCUT2D eigenvalue weighted by Gasteiger charge is -2.08. The Labute approximate surface area is 118 Å². The topological polar surface area (TPSA) is 56.1 Å². The van der Waals surface area contributed by atoms with Crippen LogP contribution in [0.5, 0.6) is 0 Å². The van der Waals surface area contributed by atoms with Gasteiger partial charge in [-0.25, -0.2) is 8.42 Å². The summed E-state index contributed by atoms with van der Waals surface area (Å²) in [5.41, 5.74) is 3.20. The van der Waals surface area contributed by atoms with Crippen LogP contribution in [0.25, 0.3) is 11.1 Å². The minimum atomic E-state index is -3.05. The summed E-state index contributed by atoms with van der Waals surface area (Å²) in [6.07, 6.45) is 2.98. The van der Waals surface area contributed by atoms with Crippen molar-refractivity contribution in [2.24, 2.45) is 7.05 Å². The van der Waals surface area contributed by atoms with Crippen molar-refractivity contribution in [1.82, 2.24) is 4.57 Å². The number of rotatable bonds is 3. The highest BCUT2D eigenvalue weighted by molar-refractivity contribution is 7.89. The van der Waals surface area contributed by atoms with Crippen molar-refractivity contribution in [3.05, 3.63) is 58.0 Å². The molecule has 4 nitrogen and oxygen atoms in total. The third kappa shape index (κ3) is 3.36. The van der Waals surface area contributed by atoms with E-state index in [4.69, 9.17) is 0 Å². The summed E-state index contributed by atoms with van der Waals surface area (Å²) in [6, 6.07) is 9.20. The van der Waals surface area contributed by atoms with Gasteiger partial charge >= 0.3 is 0 Å². The number of sulfone groups is 1. The van der Waals surface area contributed by atoms with Gasteiger partial charge in [0.05, 0.1) is 5.75 Å². The molecule has 0 aliphatic carbocycles. The Morgan fingerprint density at radius 1 is 1.15 bits per heavy atom. The number of benzene rings is 1. The van der Waals surface area contributed by atoms with Crippen LogP contribution in [0.1, 0.15) is 11.1 Å². The summed E-state index contributed by atoms with van der Waals surface area (Å²) in [4.78, 5) is 11.7. The zero-order chi connectivity index (χ0) is 14.9. The van der Waals surface area contributed by atoms with E-state index >= 15 is 0 Å². The zero-order valence-electron chi connectivity index (χ0n) is 11.8. The van der Waals surface area contributed by atoms with Crippen LogP contribution in [0.15, 0.2) is 41.3 Å². The maximum absolute atomic E-state index is 11.7. The van der Waals surface area contributed by atoms with E-state index in [1.165, 1.54) is 10.8 Å². The van der Waals surface area contributed by atoms with Gasteiger partial charge in [-0.3, -0.25) is 4.79 Å². The van der Waals surface area contributed by atoms with Crippen LogP contribution in [0.4, 0.5) is 0 Å². The molecule has 0 saturated carbocycles. The molecule has 2 rings (SSSR count). The number of aryl methyl sites for hydroxylation is 2. The molecule has 1 heterocycles. The Morgan fingerprint density at radius 2 is 1.85 bits per heavy atom. The van der Waals surface area contributed by atoms with Gasteiger partial charge in [0.25, 0.3) is 5.56 Å². The van der Waals surface area contributed by atoms with Gasteiger partial charge in [0.2, 0.25) is 0 Å². The van der Waals surface area contributed by atoms with Crippen LogP contribution in [0.3, 0.4) is 0 Å². The maximum atomic E-state index is 11.7. The second-order valence-electron chi connectivity index (χ2n) is 5.10. The predicted octanol–water partition coefficient (Wildman–Crippen LogP) is 1.91. The largest absolute Gasteiger partial charge is 0.318 e. The van der Waals surface area contributed by atoms with Gasteiger partial charge in [-0.05, 0) is 29.7 Å². The van der Waals surface area contributed by atoms with Gasteiger partial charge in [0, 0.05) is 25.1 Å². The molecule has 0 amide bonds. The number of aromatic nitrogens is 1. The van der Waals surface area contributed by atoms with E-state index < -0.39 is 9.84 Å². The summed E-state index contributed by atoms with van der Waals surface area (Å²) in [5, 5.41) is 0. The summed E-state index contributed by atoms with van der Waals surface area (Å²) in [6.45, 7) is 1.77. The highest BCUT2D eigenvalue weighted by Crippen LogP contribution is 2.21. The molecule has 0 aliphatic rings. The first-order chi connectivity index (χ1) is 9.26. The van der Waals surface area contributed by atoms with Crippen LogP contribution in [-0.4, -0.2) is 19.2 Å². The van der Waals surface area contributed by atoms with Crippen molar-refractivity contribution < 1.29 is 8.42 Å². The van der Waals surface area contributed by atoms with Crippen LogP contribution in [0.2, 0.25) is 0 Å². The quantitative estimate of drug-likeness (QED) is 0.868. The van der Waals surface area contributed by atoms with Gasteiger partial charge < -0.3 is 4.57 Å². The molecule has 0 fully saturated rings. The number of nitrogens with zero attached hydrogens (tertiary/aromatic N) is 1. The number of hydrogen-bond acceptors (Lipinski definition) is 3. The molecule has 0 N–H and O–H groups in total. The molecule has 2 aromatic rings. The van der Waals surface area contributed by atoms with Crippen molar-refractivity contribution in [1.29, 1.82) is 0 Å². The molecule has 0 saturated heterocycles. The smallest absolute Gasteiger partial charge is 0.253 e. The van der Waals surface area contributed by atoms with Gasteiger partial charge in [0.15, 0.2) is 9.84 Å². The third-order valence-corrected chi connectivity index (χ3v) is 3.91. The summed E-state index contributed by atoms with van der Waals surface area (Å²) in [5.74, 6) is 0.0194. The molecule has 0 atom stereocenters. The molecule has 1 aromatic heterocycles. The van der Waals surface area contributed by atoms with E-state index in [1.54, 1.807) is 26.2 Å². The van der Waals surface area contributed by atoms with Crippen LogP contribution in [0, 0.1) is 6.92 Å². The second kappa shape index (κ2) is 5.25. The van der Waals surface area contributed by atoms with E-state index in [0.717, 1.165) is 16.7 Å². The molecule has 0 radical (unpaired) electrons. The molecule has 0 bridgehead atoms. The highest BCUT2D eigenvalue weighted by Gasteiger charge is 2.07. The first-order valence-corrected chi connectivity index (χ1v) is 8.26. The van der Waals surface area contributed by atoms with E-state index in [9.17, 15) is 13.2 Å². The normalized spacial score (nSPS) is 11.6. The molecule has 0 unspecified atom stereocenters. The molecule has 0 spiro atoms. The molecule has 1 aromatic carbocycles. The summed E-state index contributed by atoms with van der Waals surface area (Å²) in [7, 11) is -1.35. The molecule has 20 heavy (non-hydrogen) atoms. The predicted molar refractivity (Wildman–Crippen MR) is 80.4 cm³/mol. The van der Waals surface area contributed by atoms with E-state index in [1.807, 2.05) is 24.3 Å². The lowest BCUT2D eigenvalue weighted by atomic mass is 10.0.